The molecule has 0 spiro atoms. The number of ether oxygens (including phenoxy) is 1. The van der Waals surface area contributed by atoms with Gasteiger partial charge < -0.3 is 10.1 Å². The van der Waals surface area contributed by atoms with Gasteiger partial charge in [-0.2, -0.15) is 4.72 Å². The van der Waals surface area contributed by atoms with E-state index in [1.165, 1.54) is 19.1 Å². The summed E-state index contributed by atoms with van der Waals surface area (Å²) >= 11 is 0. The number of amides is 1. The van der Waals surface area contributed by atoms with Gasteiger partial charge in [-0.15, -0.1) is 0 Å². The largest absolute Gasteiger partial charge is 0.494 e. The highest BCUT2D eigenvalue weighted by molar-refractivity contribution is 7.89. The third-order valence-electron chi connectivity index (χ3n) is 3.49. The highest BCUT2D eigenvalue weighted by atomic mass is 32.2. The zero-order chi connectivity index (χ0) is 18.4. The number of aryl methyl sites for hydroxylation is 1. The van der Waals surface area contributed by atoms with Crippen LogP contribution in [0.25, 0.3) is 0 Å². The third kappa shape index (κ3) is 5.30. The monoisotopic (exact) mass is 362 g/mol. The Kier molecular flexibility index (Phi) is 6.17. The summed E-state index contributed by atoms with van der Waals surface area (Å²) in [5, 5.41) is 2.68. The Bertz CT molecular complexity index is 815. The molecule has 6 nitrogen and oxygen atoms in total. The van der Waals surface area contributed by atoms with E-state index in [9.17, 15) is 13.2 Å². The van der Waals surface area contributed by atoms with Crippen LogP contribution in [0.2, 0.25) is 0 Å². The van der Waals surface area contributed by atoms with Crippen LogP contribution in [0.1, 0.15) is 19.4 Å². The van der Waals surface area contributed by atoms with Crippen molar-refractivity contribution in [3.8, 4) is 5.75 Å². The van der Waals surface area contributed by atoms with Gasteiger partial charge >= 0.3 is 0 Å². The molecule has 1 amide bonds. The van der Waals surface area contributed by atoms with Crippen molar-refractivity contribution in [2.75, 3.05) is 11.9 Å². The molecule has 0 aromatic heterocycles. The molecule has 0 heterocycles. The quantitative estimate of drug-likeness (QED) is 0.793. The maximum Gasteiger partial charge on any atom is 0.242 e. The van der Waals surface area contributed by atoms with Gasteiger partial charge in [0.15, 0.2) is 0 Å². The second kappa shape index (κ2) is 8.13. The molecule has 0 aliphatic rings. The van der Waals surface area contributed by atoms with Gasteiger partial charge in [0.05, 0.1) is 17.5 Å². The fraction of sp³-hybridized carbons (Fsp3) is 0.278. The van der Waals surface area contributed by atoms with Crippen LogP contribution in [0.3, 0.4) is 0 Å². The van der Waals surface area contributed by atoms with Crippen LogP contribution in [0.5, 0.6) is 5.75 Å². The molecule has 2 aromatic carbocycles. The van der Waals surface area contributed by atoms with E-state index in [0.29, 0.717) is 18.0 Å². The first-order valence-corrected chi connectivity index (χ1v) is 9.43. The summed E-state index contributed by atoms with van der Waals surface area (Å²) in [7, 11) is -3.80. The zero-order valence-electron chi connectivity index (χ0n) is 14.4. The molecule has 0 saturated carbocycles. The molecule has 2 rings (SSSR count). The maximum atomic E-state index is 12.4. The topological polar surface area (TPSA) is 84.5 Å². The summed E-state index contributed by atoms with van der Waals surface area (Å²) in [5.74, 6) is 0.157. The minimum Gasteiger partial charge on any atom is -0.494 e. The number of rotatable bonds is 7. The lowest BCUT2D eigenvalue weighted by Gasteiger charge is -2.15. The third-order valence-corrected chi connectivity index (χ3v) is 5.05. The van der Waals surface area contributed by atoms with Gasteiger partial charge in [-0.1, -0.05) is 17.7 Å². The van der Waals surface area contributed by atoms with E-state index in [4.69, 9.17) is 4.74 Å². The van der Waals surface area contributed by atoms with E-state index in [2.05, 4.69) is 10.0 Å². The Morgan fingerprint density at radius 2 is 1.68 bits per heavy atom. The lowest BCUT2D eigenvalue weighted by molar-refractivity contribution is -0.117. The van der Waals surface area contributed by atoms with Crippen LogP contribution >= 0.6 is 0 Å². The summed E-state index contributed by atoms with van der Waals surface area (Å²) < 4.78 is 32.4. The summed E-state index contributed by atoms with van der Waals surface area (Å²) in [6.07, 6.45) is 0. The van der Waals surface area contributed by atoms with E-state index < -0.39 is 22.0 Å². The smallest absolute Gasteiger partial charge is 0.242 e. The van der Waals surface area contributed by atoms with Crippen molar-refractivity contribution < 1.29 is 17.9 Å². The predicted octanol–water partition coefficient (Wildman–Crippen LogP) is 2.70. The van der Waals surface area contributed by atoms with Crippen molar-refractivity contribution in [3.63, 3.8) is 0 Å². The van der Waals surface area contributed by atoms with E-state index in [-0.39, 0.29) is 4.90 Å². The molecule has 2 aromatic rings. The molecule has 0 saturated heterocycles. The second-order valence-corrected chi connectivity index (χ2v) is 7.32. The second-order valence-electron chi connectivity index (χ2n) is 5.60. The minimum absolute atomic E-state index is 0.0749. The van der Waals surface area contributed by atoms with Gasteiger partial charge in [0.25, 0.3) is 0 Å². The average molecular weight is 362 g/mol. The molecule has 0 bridgehead atoms. The number of anilines is 1. The molecular formula is C18H22N2O4S. The number of carbonyl (C=O) groups excluding carboxylic acids is 1. The number of hydrogen-bond donors (Lipinski definition) is 2. The van der Waals surface area contributed by atoms with Gasteiger partial charge in [0.2, 0.25) is 15.9 Å². The number of hydrogen-bond acceptors (Lipinski definition) is 4. The molecule has 25 heavy (non-hydrogen) atoms. The summed E-state index contributed by atoms with van der Waals surface area (Å²) in [4.78, 5) is 12.3. The predicted molar refractivity (Wildman–Crippen MR) is 97.2 cm³/mol. The SMILES string of the molecule is CCOc1ccc(S(=O)(=O)N[C@H](C)C(=O)Nc2ccc(C)cc2)cc1. The molecule has 134 valence electrons. The molecule has 0 fully saturated rings. The van der Waals surface area contributed by atoms with Crippen molar-refractivity contribution in [1.82, 2.24) is 4.72 Å². The van der Waals surface area contributed by atoms with Crippen LogP contribution in [0.4, 0.5) is 5.69 Å². The lowest BCUT2D eigenvalue weighted by Crippen LogP contribution is -2.41. The van der Waals surface area contributed by atoms with Gasteiger partial charge in [-0.25, -0.2) is 8.42 Å². The summed E-state index contributed by atoms with van der Waals surface area (Å²) in [6, 6.07) is 12.4. The minimum atomic E-state index is -3.80. The number of nitrogens with one attached hydrogen (secondary N) is 2. The highest BCUT2D eigenvalue weighted by Gasteiger charge is 2.22. The lowest BCUT2D eigenvalue weighted by atomic mass is 10.2. The van der Waals surface area contributed by atoms with E-state index in [0.717, 1.165) is 5.56 Å². The van der Waals surface area contributed by atoms with Crippen molar-refractivity contribution >= 4 is 21.6 Å². The van der Waals surface area contributed by atoms with Crippen molar-refractivity contribution in [1.29, 1.82) is 0 Å². The van der Waals surface area contributed by atoms with E-state index in [1.54, 1.807) is 24.3 Å². The summed E-state index contributed by atoms with van der Waals surface area (Å²) in [5.41, 5.74) is 1.69. The summed E-state index contributed by atoms with van der Waals surface area (Å²) in [6.45, 7) is 5.79. The number of benzene rings is 2. The first kappa shape index (κ1) is 19.0. The van der Waals surface area contributed by atoms with Gasteiger partial charge in [0, 0.05) is 5.69 Å². The van der Waals surface area contributed by atoms with Crippen molar-refractivity contribution in [3.05, 3.63) is 54.1 Å². The first-order valence-electron chi connectivity index (χ1n) is 7.94. The van der Waals surface area contributed by atoms with Crippen LogP contribution in [0, 0.1) is 6.92 Å². The standard InChI is InChI=1S/C18H22N2O4S/c1-4-24-16-9-11-17(12-10-16)25(22,23)20-14(3)18(21)19-15-7-5-13(2)6-8-15/h5-12,14,20H,4H2,1-3H3,(H,19,21)/t14-/m1/s1. The average Bonchev–Trinajstić information content (AvgIpc) is 2.57. The molecule has 0 aliphatic heterocycles. The van der Waals surface area contributed by atoms with E-state index >= 15 is 0 Å². The number of sulfonamides is 1. The normalized spacial score (nSPS) is 12.4. The van der Waals surface area contributed by atoms with Gasteiger partial charge in [-0.3, -0.25) is 4.79 Å². The zero-order valence-corrected chi connectivity index (χ0v) is 15.3. The number of carbonyl (C=O) groups is 1. The Morgan fingerprint density at radius 1 is 1.08 bits per heavy atom. The van der Waals surface area contributed by atoms with Crippen LogP contribution in [-0.2, 0) is 14.8 Å². The van der Waals surface area contributed by atoms with Crippen LogP contribution in [-0.4, -0.2) is 27.0 Å². The van der Waals surface area contributed by atoms with Crippen molar-refractivity contribution in [2.24, 2.45) is 0 Å². The Hall–Kier alpha value is -2.38. The highest BCUT2D eigenvalue weighted by Crippen LogP contribution is 2.16. The molecule has 1 atom stereocenters. The van der Waals surface area contributed by atoms with Gasteiger partial charge in [-0.05, 0) is 57.2 Å². The van der Waals surface area contributed by atoms with Crippen molar-refractivity contribution in [2.45, 2.75) is 31.7 Å². The first-order chi connectivity index (χ1) is 11.8. The molecular weight excluding hydrogens is 340 g/mol. The van der Waals surface area contributed by atoms with Gasteiger partial charge in [0.1, 0.15) is 5.75 Å². The fourth-order valence-electron chi connectivity index (χ4n) is 2.12. The Labute approximate surface area is 148 Å². The molecule has 2 N–H and O–H groups in total. The van der Waals surface area contributed by atoms with Crippen LogP contribution < -0.4 is 14.8 Å². The molecule has 0 aliphatic carbocycles. The van der Waals surface area contributed by atoms with E-state index in [1.807, 2.05) is 26.0 Å². The maximum absolute atomic E-state index is 12.4. The molecule has 0 radical (unpaired) electrons. The van der Waals surface area contributed by atoms with Crippen LogP contribution in [0.15, 0.2) is 53.4 Å². The Morgan fingerprint density at radius 3 is 2.24 bits per heavy atom. The fourth-order valence-corrected chi connectivity index (χ4v) is 3.33. The Balaban J connectivity index is 2.03. The molecule has 7 heteroatoms. The molecule has 0 unspecified atom stereocenters.